The smallest absolute Gasteiger partial charge is 0.193 e. The summed E-state index contributed by atoms with van der Waals surface area (Å²) in [6, 6.07) is 4.31. The van der Waals surface area contributed by atoms with Crippen molar-refractivity contribution < 1.29 is 0 Å². The SMILES string of the molecule is CCN(CC)CCCCNC(=NC)N(C)CCc1cccs1.I. The van der Waals surface area contributed by atoms with Crippen LogP contribution >= 0.6 is 35.3 Å². The van der Waals surface area contributed by atoms with Crippen LogP contribution in [0.5, 0.6) is 0 Å². The molecule has 0 saturated heterocycles. The van der Waals surface area contributed by atoms with E-state index in [9.17, 15) is 0 Å². The van der Waals surface area contributed by atoms with Gasteiger partial charge in [0.05, 0.1) is 0 Å². The highest BCUT2D eigenvalue weighted by molar-refractivity contribution is 14.0. The Morgan fingerprint density at radius 3 is 2.52 bits per heavy atom. The van der Waals surface area contributed by atoms with Crippen molar-refractivity contribution >= 4 is 41.3 Å². The number of nitrogens with zero attached hydrogens (tertiary/aromatic N) is 3. The molecule has 0 aliphatic carbocycles. The van der Waals surface area contributed by atoms with Crippen molar-refractivity contribution in [3.63, 3.8) is 0 Å². The highest BCUT2D eigenvalue weighted by atomic mass is 127. The predicted molar refractivity (Wildman–Crippen MR) is 114 cm³/mol. The van der Waals surface area contributed by atoms with Gasteiger partial charge in [-0.1, -0.05) is 19.9 Å². The topological polar surface area (TPSA) is 30.9 Å². The van der Waals surface area contributed by atoms with Crippen LogP contribution in [0.15, 0.2) is 22.5 Å². The first-order valence-corrected chi connectivity index (χ1v) is 9.25. The van der Waals surface area contributed by atoms with Crippen molar-refractivity contribution in [3.8, 4) is 0 Å². The lowest BCUT2D eigenvalue weighted by Gasteiger charge is -2.22. The van der Waals surface area contributed by atoms with Gasteiger partial charge in [-0.05, 0) is 50.3 Å². The van der Waals surface area contributed by atoms with Gasteiger partial charge in [-0.25, -0.2) is 0 Å². The number of unbranched alkanes of at least 4 members (excludes halogenated alkanes) is 1. The molecule has 1 heterocycles. The Morgan fingerprint density at radius 1 is 1.22 bits per heavy atom. The normalized spacial score (nSPS) is 11.4. The number of nitrogens with one attached hydrogen (secondary N) is 1. The summed E-state index contributed by atoms with van der Waals surface area (Å²) in [6.07, 6.45) is 3.51. The Morgan fingerprint density at radius 2 is 1.96 bits per heavy atom. The number of likely N-dealkylation sites (N-methyl/N-ethyl adjacent to an activating group) is 1. The maximum absolute atomic E-state index is 4.38. The molecule has 0 amide bonds. The fraction of sp³-hybridized carbons (Fsp3) is 0.706. The van der Waals surface area contributed by atoms with Gasteiger partial charge in [0.2, 0.25) is 0 Å². The lowest BCUT2D eigenvalue weighted by Crippen LogP contribution is -2.40. The van der Waals surface area contributed by atoms with Gasteiger partial charge in [-0.3, -0.25) is 4.99 Å². The highest BCUT2D eigenvalue weighted by Crippen LogP contribution is 2.09. The van der Waals surface area contributed by atoms with E-state index < -0.39 is 0 Å². The largest absolute Gasteiger partial charge is 0.356 e. The van der Waals surface area contributed by atoms with Crippen molar-refractivity contribution in [1.29, 1.82) is 0 Å². The van der Waals surface area contributed by atoms with Gasteiger partial charge in [-0.15, -0.1) is 35.3 Å². The second-order valence-corrected chi connectivity index (χ2v) is 6.49. The Balaban J connectivity index is 0.00000484. The molecule has 1 aromatic heterocycles. The molecular weight excluding hydrogens is 419 g/mol. The van der Waals surface area contributed by atoms with Gasteiger partial charge in [0, 0.05) is 32.1 Å². The number of hydrogen-bond donors (Lipinski definition) is 1. The van der Waals surface area contributed by atoms with Gasteiger partial charge >= 0.3 is 0 Å². The van der Waals surface area contributed by atoms with E-state index in [0.717, 1.165) is 38.6 Å². The molecule has 4 nitrogen and oxygen atoms in total. The highest BCUT2D eigenvalue weighted by Gasteiger charge is 2.06. The van der Waals surface area contributed by atoms with Crippen LogP contribution in [-0.2, 0) is 6.42 Å². The van der Waals surface area contributed by atoms with E-state index in [2.05, 4.69) is 58.5 Å². The van der Waals surface area contributed by atoms with Crippen molar-refractivity contribution in [2.45, 2.75) is 33.1 Å². The minimum absolute atomic E-state index is 0. The summed E-state index contributed by atoms with van der Waals surface area (Å²) >= 11 is 1.82. The molecule has 0 fully saturated rings. The molecule has 0 radical (unpaired) electrons. The summed E-state index contributed by atoms with van der Waals surface area (Å²) in [5, 5.41) is 5.61. The Bertz CT molecular complexity index is 405. The Labute approximate surface area is 163 Å². The summed E-state index contributed by atoms with van der Waals surface area (Å²) in [5.74, 6) is 0.999. The van der Waals surface area contributed by atoms with E-state index in [-0.39, 0.29) is 24.0 Å². The minimum Gasteiger partial charge on any atom is -0.356 e. The molecule has 1 N–H and O–H groups in total. The van der Waals surface area contributed by atoms with Crippen molar-refractivity contribution in [2.24, 2.45) is 4.99 Å². The third-order valence-electron chi connectivity index (χ3n) is 3.93. The van der Waals surface area contributed by atoms with Crippen molar-refractivity contribution in [1.82, 2.24) is 15.1 Å². The Kier molecular flexibility index (Phi) is 13.8. The lowest BCUT2D eigenvalue weighted by molar-refractivity contribution is 0.297. The van der Waals surface area contributed by atoms with E-state index in [1.165, 1.54) is 24.3 Å². The summed E-state index contributed by atoms with van der Waals surface area (Å²) in [6.45, 7) is 9.95. The first kappa shape index (κ1) is 22.7. The van der Waals surface area contributed by atoms with Crippen molar-refractivity contribution in [3.05, 3.63) is 22.4 Å². The van der Waals surface area contributed by atoms with Crippen LogP contribution in [0.2, 0.25) is 0 Å². The molecule has 0 unspecified atom stereocenters. The van der Waals surface area contributed by atoms with Gasteiger partial charge in [0.15, 0.2) is 5.96 Å². The second-order valence-electron chi connectivity index (χ2n) is 5.46. The van der Waals surface area contributed by atoms with E-state index in [0.29, 0.717) is 0 Å². The average Bonchev–Trinajstić information content (AvgIpc) is 3.05. The second kappa shape index (κ2) is 14.0. The monoisotopic (exact) mass is 452 g/mol. The first-order valence-electron chi connectivity index (χ1n) is 8.37. The average molecular weight is 452 g/mol. The first-order chi connectivity index (χ1) is 10.7. The van der Waals surface area contributed by atoms with Crippen LogP contribution in [0.4, 0.5) is 0 Å². The van der Waals surface area contributed by atoms with Crippen LogP contribution in [0.1, 0.15) is 31.6 Å². The van der Waals surface area contributed by atoms with Crippen LogP contribution < -0.4 is 5.32 Å². The van der Waals surface area contributed by atoms with E-state index in [1.54, 1.807) is 0 Å². The molecule has 0 spiro atoms. The zero-order valence-corrected chi connectivity index (χ0v) is 18.2. The third-order valence-corrected chi connectivity index (χ3v) is 4.86. The maximum Gasteiger partial charge on any atom is 0.193 e. The molecule has 23 heavy (non-hydrogen) atoms. The number of aliphatic imine (C=N–C) groups is 1. The van der Waals surface area contributed by atoms with Crippen LogP contribution in [-0.4, -0.2) is 62.6 Å². The molecule has 0 atom stereocenters. The van der Waals surface area contributed by atoms with E-state index in [4.69, 9.17) is 0 Å². The van der Waals surface area contributed by atoms with E-state index in [1.807, 2.05) is 18.4 Å². The molecule has 0 saturated carbocycles. The molecule has 0 aliphatic heterocycles. The summed E-state index contributed by atoms with van der Waals surface area (Å²) < 4.78 is 0. The van der Waals surface area contributed by atoms with Gasteiger partial charge in [0.25, 0.3) is 0 Å². The molecule has 0 bridgehead atoms. The fourth-order valence-corrected chi connectivity index (χ4v) is 3.12. The van der Waals surface area contributed by atoms with Crippen LogP contribution in [0, 0.1) is 0 Å². The number of thiophene rings is 1. The zero-order valence-electron chi connectivity index (χ0n) is 15.0. The number of hydrogen-bond acceptors (Lipinski definition) is 3. The molecule has 134 valence electrons. The standard InChI is InChI=1S/C17H32N4S.HI/c1-5-21(6-2)13-8-7-12-19-17(18-3)20(4)14-11-16-10-9-15-22-16;/h9-10,15H,5-8,11-14H2,1-4H3,(H,18,19);1H. The van der Waals surface area contributed by atoms with E-state index >= 15 is 0 Å². The van der Waals surface area contributed by atoms with Gasteiger partial charge in [-0.2, -0.15) is 0 Å². The van der Waals surface area contributed by atoms with Gasteiger partial charge < -0.3 is 15.1 Å². The quantitative estimate of drug-likeness (QED) is 0.255. The van der Waals surface area contributed by atoms with Crippen LogP contribution in [0.25, 0.3) is 0 Å². The Hall–Kier alpha value is -0.340. The number of guanidine groups is 1. The molecular formula is C17H33IN4S. The minimum atomic E-state index is 0. The number of halogens is 1. The third kappa shape index (κ3) is 9.52. The summed E-state index contributed by atoms with van der Waals surface area (Å²) in [5.41, 5.74) is 0. The zero-order chi connectivity index (χ0) is 16.2. The van der Waals surface area contributed by atoms with Crippen molar-refractivity contribution in [2.75, 3.05) is 46.8 Å². The molecule has 1 rings (SSSR count). The van der Waals surface area contributed by atoms with Crippen LogP contribution in [0.3, 0.4) is 0 Å². The predicted octanol–water partition coefficient (Wildman–Crippen LogP) is 3.54. The number of rotatable bonds is 10. The van der Waals surface area contributed by atoms with Gasteiger partial charge in [0.1, 0.15) is 0 Å². The molecule has 6 heteroatoms. The summed E-state index contributed by atoms with van der Waals surface area (Å²) in [4.78, 5) is 10.5. The lowest BCUT2D eigenvalue weighted by atomic mass is 10.3. The maximum atomic E-state index is 4.38. The fourth-order valence-electron chi connectivity index (χ4n) is 2.42. The molecule has 0 aromatic carbocycles. The molecule has 0 aliphatic rings. The summed E-state index contributed by atoms with van der Waals surface area (Å²) in [7, 11) is 3.97. The molecule has 1 aromatic rings.